The van der Waals surface area contributed by atoms with E-state index in [2.05, 4.69) is 11.4 Å². The molecular weight excluding hydrogens is 260 g/mol. The maximum atomic E-state index is 9.47. The predicted molar refractivity (Wildman–Crippen MR) is 85.2 cm³/mol. The Morgan fingerprint density at radius 1 is 1.10 bits per heavy atom. The zero-order valence-electron chi connectivity index (χ0n) is 12.4. The summed E-state index contributed by atoms with van der Waals surface area (Å²) < 4.78 is 0. The lowest BCUT2D eigenvalue weighted by molar-refractivity contribution is 0.475. The minimum absolute atomic E-state index is 0.263. The van der Waals surface area contributed by atoms with E-state index < -0.39 is 5.54 Å². The van der Waals surface area contributed by atoms with Crippen molar-refractivity contribution in [2.75, 3.05) is 5.32 Å². The van der Waals surface area contributed by atoms with E-state index in [1.54, 1.807) is 12.1 Å². The van der Waals surface area contributed by atoms with Crippen LogP contribution >= 0.6 is 0 Å². The van der Waals surface area contributed by atoms with Gasteiger partial charge < -0.3 is 10.4 Å². The van der Waals surface area contributed by atoms with E-state index in [9.17, 15) is 10.4 Å². The van der Waals surface area contributed by atoms with Crippen molar-refractivity contribution in [3.8, 4) is 11.8 Å². The summed E-state index contributed by atoms with van der Waals surface area (Å²) in [6.45, 7) is 3.95. The van der Waals surface area contributed by atoms with Crippen LogP contribution in [0.5, 0.6) is 5.75 Å². The lowest BCUT2D eigenvalue weighted by atomic mass is 9.94. The fourth-order valence-electron chi connectivity index (χ4n) is 2.16. The normalized spacial score (nSPS) is 13.2. The molecule has 0 fully saturated rings. The van der Waals surface area contributed by atoms with Gasteiger partial charge >= 0.3 is 0 Å². The largest absolute Gasteiger partial charge is 0.508 e. The van der Waals surface area contributed by atoms with Crippen LogP contribution in [0.2, 0.25) is 0 Å². The standard InChI is InChI=1S/C18H20N2O/c1-14-3-7-16(8-4-14)20-18(2,13-19)12-11-15-5-9-17(21)10-6-15/h3-10,20-21H,11-12H2,1-2H3. The Morgan fingerprint density at radius 3 is 2.29 bits per heavy atom. The van der Waals surface area contributed by atoms with E-state index >= 15 is 0 Å². The van der Waals surface area contributed by atoms with Crippen LogP contribution < -0.4 is 5.32 Å². The van der Waals surface area contributed by atoms with Crippen LogP contribution in [-0.2, 0) is 6.42 Å². The van der Waals surface area contributed by atoms with E-state index in [-0.39, 0.29) is 5.75 Å². The molecule has 0 aliphatic carbocycles. The van der Waals surface area contributed by atoms with Gasteiger partial charge in [0.2, 0.25) is 0 Å². The molecule has 3 heteroatoms. The molecule has 2 aromatic rings. The monoisotopic (exact) mass is 280 g/mol. The average Bonchev–Trinajstić information content (AvgIpc) is 2.49. The van der Waals surface area contributed by atoms with Crippen LogP contribution in [0.1, 0.15) is 24.5 Å². The SMILES string of the molecule is Cc1ccc(NC(C)(C#N)CCc2ccc(O)cc2)cc1. The molecule has 0 saturated carbocycles. The number of hydrogen-bond donors (Lipinski definition) is 2. The molecule has 0 radical (unpaired) electrons. The number of nitrogens with zero attached hydrogens (tertiary/aromatic N) is 1. The summed E-state index contributed by atoms with van der Waals surface area (Å²) in [6.07, 6.45) is 1.48. The smallest absolute Gasteiger partial charge is 0.122 e. The molecule has 1 unspecified atom stereocenters. The van der Waals surface area contributed by atoms with Gasteiger partial charge in [0, 0.05) is 5.69 Å². The lowest BCUT2D eigenvalue weighted by Gasteiger charge is -2.24. The number of benzene rings is 2. The quantitative estimate of drug-likeness (QED) is 0.869. The third-order valence-electron chi connectivity index (χ3n) is 3.57. The molecule has 0 saturated heterocycles. The van der Waals surface area contributed by atoms with Crippen molar-refractivity contribution in [3.63, 3.8) is 0 Å². The number of rotatable bonds is 5. The van der Waals surface area contributed by atoms with Crippen molar-refractivity contribution in [1.29, 1.82) is 5.26 Å². The maximum Gasteiger partial charge on any atom is 0.122 e. The van der Waals surface area contributed by atoms with Gasteiger partial charge in [0.05, 0.1) is 6.07 Å². The van der Waals surface area contributed by atoms with Gasteiger partial charge in [-0.25, -0.2) is 0 Å². The fourth-order valence-corrected chi connectivity index (χ4v) is 2.16. The van der Waals surface area contributed by atoms with Crippen LogP contribution in [0.4, 0.5) is 5.69 Å². The number of hydrogen-bond acceptors (Lipinski definition) is 3. The van der Waals surface area contributed by atoms with E-state index in [4.69, 9.17) is 0 Å². The number of nitrogens with one attached hydrogen (secondary N) is 1. The Morgan fingerprint density at radius 2 is 1.71 bits per heavy atom. The molecule has 2 rings (SSSR count). The summed E-state index contributed by atoms with van der Waals surface area (Å²) >= 11 is 0. The van der Waals surface area contributed by atoms with Gasteiger partial charge in [0.15, 0.2) is 0 Å². The molecule has 1 atom stereocenters. The number of phenols is 1. The second-order valence-electron chi connectivity index (χ2n) is 5.60. The minimum Gasteiger partial charge on any atom is -0.508 e. The second-order valence-corrected chi connectivity index (χ2v) is 5.60. The Labute approximate surface area is 125 Å². The highest BCUT2D eigenvalue weighted by atomic mass is 16.3. The molecule has 0 amide bonds. The highest BCUT2D eigenvalue weighted by Crippen LogP contribution is 2.21. The molecule has 0 aliphatic rings. The van der Waals surface area contributed by atoms with Crippen LogP contribution in [0, 0.1) is 18.3 Å². The van der Waals surface area contributed by atoms with Crippen molar-refractivity contribution in [3.05, 3.63) is 59.7 Å². The third kappa shape index (κ3) is 4.25. The number of nitriles is 1. The predicted octanol–water partition coefficient (Wildman–Crippen LogP) is 4.03. The van der Waals surface area contributed by atoms with E-state index in [1.807, 2.05) is 50.2 Å². The van der Waals surface area contributed by atoms with Crippen molar-refractivity contribution in [2.24, 2.45) is 0 Å². The topological polar surface area (TPSA) is 56.0 Å². The molecule has 0 heterocycles. The van der Waals surface area contributed by atoms with Gasteiger partial charge in [-0.1, -0.05) is 29.8 Å². The zero-order chi connectivity index (χ0) is 15.3. The molecule has 2 N–H and O–H groups in total. The first-order valence-corrected chi connectivity index (χ1v) is 7.05. The molecule has 21 heavy (non-hydrogen) atoms. The molecule has 0 aromatic heterocycles. The number of aryl methyl sites for hydroxylation is 2. The first-order valence-electron chi connectivity index (χ1n) is 7.05. The summed E-state index contributed by atoms with van der Waals surface area (Å²) in [5.41, 5.74) is 2.64. The number of phenolic OH excluding ortho intramolecular Hbond substituents is 1. The molecule has 0 aliphatic heterocycles. The Balaban J connectivity index is 2.02. The highest BCUT2D eigenvalue weighted by Gasteiger charge is 2.23. The van der Waals surface area contributed by atoms with Crippen molar-refractivity contribution < 1.29 is 5.11 Å². The van der Waals surface area contributed by atoms with Crippen molar-refractivity contribution in [2.45, 2.75) is 32.2 Å². The van der Waals surface area contributed by atoms with Gasteiger partial charge in [-0.3, -0.25) is 0 Å². The Hall–Kier alpha value is -2.47. The summed E-state index contributed by atoms with van der Waals surface area (Å²) in [5, 5.41) is 22.1. The molecule has 0 spiro atoms. The average molecular weight is 280 g/mol. The Kier molecular flexibility index (Phi) is 4.49. The van der Waals surface area contributed by atoms with E-state index in [1.165, 1.54) is 5.56 Å². The second kappa shape index (κ2) is 6.32. The van der Waals surface area contributed by atoms with Crippen LogP contribution in [-0.4, -0.2) is 10.6 Å². The lowest BCUT2D eigenvalue weighted by Crippen LogP contribution is -2.33. The van der Waals surface area contributed by atoms with Gasteiger partial charge in [-0.2, -0.15) is 5.26 Å². The molecule has 3 nitrogen and oxygen atoms in total. The van der Waals surface area contributed by atoms with Crippen molar-refractivity contribution >= 4 is 5.69 Å². The van der Waals surface area contributed by atoms with Gasteiger partial charge in [-0.15, -0.1) is 0 Å². The number of anilines is 1. The number of aromatic hydroxyl groups is 1. The maximum absolute atomic E-state index is 9.47. The summed E-state index contributed by atoms with van der Waals surface area (Å²) in [5.74, 6) is 0.263. The van der Waals surface area contributed by atoms with Crippen LogP contribution in [0.25, 0.3) is 0 Å². The highest BCUT2D eigenvalue weighted by molar-refractivity contribution is 5.48. The van der Waals surface area contributed by atoms with Crippen LogP contribution in [0.15, 0.2) is 48.5 Å². The zero-order valence-corrected chi connectivity index (χ0v) is 12.4. The van der Waals surface area contributed by atoms with Crippen molar-refractivity contribution in [1.82, 2.24) is 0 Å². The summed E-state index contributed by atoms with van der Waals surface area (Å²) in [7, 11) is 0. The van der Waals surface area contributed by atoms with Gasteiger partial charge in [0.25, 0.3) is 0 Å². The summed E-state index contributed by atoms with van der Waals surface area (Å²) in [4.78, 5) is 0. The Bertz CT molecular complexity index is 626. The van der Waals surface area contributed by atoms with E-state index in [0.717, 1.165) is 17.7 Å². The molecule has 108 valence electrons. The van der Waals surface area contributed by atoms with Gasteiger partial charge in [0.1, 0.15) is 11.3 Å². The van der Waals surface area contributed by atoms with Crippen LogP contribution in [0.3, 0.4) is 0 Å². The van der Waals surface area contributed by atoms with Gasteiger partial charge in [-0.05, 0) is 56.5 Å². The van der Waals surface area contributed by atoms with E-state index in [0.29, 0.717) is 6.42 Å². The third-order valence-corrected chi connectivity index (χ3v) is 3.57. The molecule has 2 aromatic carbocycles. The minimum atomic E-state index is -0.618. The molecular formula is C18H20N2O. The first-order chi connectivity index (χ1) is 10.0. The first kappa shape index (κ1) is 14.9. The molecule has 0 bridgehead atoms. The fraction of sp³-hybridized carbons (Fsp3) is 0.278. The summed E-state index contributed by atoms with van der Waals surface area (Å²) in [6, 6.07) is 17.5.